The number of aliphatic hydroxyl groups excluding tert-OH is 1. The Morgan fingerprint density at radius 2 is 1.97 bits per heavy atom. The van der Waals surface area contributed by atoms with E-state index in [1.165, 1.54) is 0 Å². The molecule has 1 fully saturated rings. The fraction of sp³-hybridized carbons (Fsp3) is 0.591. The molecule has 0 radical (unpaired) electrons. The van der Waals surface area contributed by atoms with Crippen molar-refractivity contribution in [3.63, 3.8) is 0 Å². The van der Waals surface area contributed by atoms with Gasteiger partial charge >= 0.3 is 0 Å². The largest absolute Gasteiger partial charge is 0.489 e. The Kier molecular flexibility index (Phi) is 10.00. The fourth-order valence-electron chi connectivity index (χ4n) is 4.08. The van der Waals surface area contributed by atoms with Crippen molar-refractivity contribution in [2.45, 2.75) is 49.9 Å². The zero-order chi connectivity index (χ0) is 24.1. The summed E-state index contributed by atoms with van der Waals surface area (Å²) in [5, 5.41) is 16.4. The van der Waals surface area contributed by atoms with Crippen molar-refractivity contribution in [2.75, 3.05) is 26.2 Å². The number of likely N-dealkylation sites (tertiary alicyclic amines) is 1. The summed E-state index contributed by atoms with van der Waals surface area (Å²) in [4.78, 5) is 14.0. The molecule has 0 aliphatic carbocycles. The predicted octanol–water partition coefficient (Wildman–Crippen LogP) is 2.99. The molecular formula is C22H33Cl2N3O4S. The Morgan fingerprint density at radius 3 is 2.50 bits per heavy atom. The van der Waals surface area contributed by atoms with Gasteiger partial charge in [0.2, 0.25) is 0 Å². The lowest BCUT2D eigenvalue weighted by atomic mass is 9.75. The Labute approximate surface area is 202 Å². The SMILES string of the molecule is C=CCOc1cc(Cl)c(Cl)cc1[C@H](CC(C)(C)S(N)=O)C1CCN(C(=O)C(O)CN)CC1. The van der Waals surface area contributed by atoms with Gasteiger partial charge in [-0.05, 0) is 56.6 Å². The average Bonchev–Trinajstić information content (AvgIpc) is 2.77. The van der Waals surface area contributed by atoms with E-state index in [0.29, 0.717) is 54.8 Å². The van der Waals surface area contributed by atoms with Gasteiger partial charge in [-0.25, -0.2) is 4.21 Å². The number of hydrogen-bond donors (Lipinski definition) is 3. The Bertz CT molecular complexity index is 845. The summed E-state index contributed by atoms with van der Waals surface area (Å²) in [5.74, 6) is 0.319. The quantitative estimate of drug-likeness (QED) is 0.422. The lowest BCUT2D eigenvalue weighted by Crippen LogP contribution is -2.47. The molecule has 7 nitrogen and oxygen atoms in total. The van der Waals surface area contributed by atoms with Crippen LogP contribution in [0.1, 0.15) is 44.6 Å². The van der Waals surface area contributed by atoms with E-state index in [9.17, 15) is 14.1 Å². The van der Waals surface area contributed by atoms with E-state index in [-0.39, 0.29) is 24.3 Å². The third kappa shape index (κ3) is 6.68. The van der Waals surface area contributed by atoms with Crippen molar-refractivity contribution < 1.29 is 18.8 Å². The van der Waals surface area contributed by atoms with Crippen LogP contribution < -0.4 is 15.6 Å². The Hall–Kier alpha value is -1.16. The maximum absolute atomic E-state index is 12.3. The summed E-state index contributed by atoms with van der Waals surface area (Å²) in [5.41, 5.74) is 6.30. The highest BCUT2D eigenvalue weighted by Crippen LogP contribution is 2.45. The van der Waals surface area contributed by atoms with E-state index in [0.717, 1.165) is 5.56 Å². The van der Waals surface area contributed by atoms with Crippen LogP contribution in [0.2, 0.25) is 10.0 Å². The highest BCUT2D eigenvalue weighted by atomic mass is 35.5. The first-order valence-electron chi connectivity index (χ1n) is 10.6. The molecule has 1 amide bonds. The van der Waals surface area contributed by atoms with Crippen LogP contribution in [0, 0.1) is 5.92 Å². The Balaban J connectivity index is 2.39. The Morgan fingerprint density at radius 1 is 1.38 bits per heavy atom. The minimum atomic E-state index is -1.55. The molecule has 180 valence electrons. The molecule has 0 aromatic heterocycles. The van der Waals surface area contributed by atoms with E-state index in [1.807, 2.05) is 13.8 Å². The van der Waals surface area contributed by atoms with Gasteiger partial charge in [-0.2, -0.15) is 0 Å². The van der Waals surface area contributed by atoms with Crippen molar-refractivity contribution in [3.05, 3.63) is 40.4 Å². The lowest BCUT2D eigenvalue weighted by molar-refractivity contribution is -0.141. The van der Waals surface area contributed by atoms with Crippen molar-refractivity contribution >= 4 is 40.1 Å². The fourth-order valence-corrected chi connectivity index (χ4v) is 4.75. The standard InChI is InChI=1S/C22H33Cl2N3O4S/c1-4-9-31-20-11-18(24)17(23)10-15(20)16(12-22(2,3)32(26)30)14-5-7-27(8-6-14)21(29)19(28)13-25/h4,10-11,14,16,19,28H,1,5-9,12-13,25-26H2,2-3H3/t16-,19?,32?/m1/s1. The van der Waals surface area contributed by atoms with Crippen molar-refractivity contribution in [1.29, 1.82) is 0 Å². The van der Waals surface area contributed by atoms with Gasteiger partial charge in [0.25, 0.3) is 5.91 Å². The number of rotatable bonds is 10. The molecule has 1 saturated heterocycles. The van der Waals surface area contributed by atoms with Gasteiger partial charge < -0.3 is 20.5 Å². The molecule has 1 aliphatic rings. The van der Waals surface area contributed by atoms with E-state index in [1.54, 1.807) is 23.1 Å². The summed E-state index contributed by atoms with van der Waals surface area (Å²) in [6.07, 6.45) is 2.38. The number of carbonyl (C=O) groups excluding carboxylic acids is 1. The van der Waals surface area contributed by atoms with Gasteiger partial charge in [-0.1, -0.05) is 35.9 Å². The van der Waals surface area contributed by atoms with Gasteiger partial charge in [0.05, 0.1) is 25.8 Å². The molecule has 10 heteroatoms. The van der Waals surface area contributed by atoms with Gasteiger partial charge in [0.1, 0.15) is 18.5 Å². The first-order valence-corrected chi connectivity index (χ1v) is 12.5. The third-order valence-electron chi connectivity index (χ3n) is 5.99. The number of amides is 1. The number of hydrogen-bond acceptors (Lipinski definition) is 5. The number of benzene rings is 1. The average molecular weight is 506 g/mol. The highest BCUT2D eigenvalue weighted by molar-refractivity contribution is 7.84. The van der Waals surface area contributed by atoms with Crippen LogP contribution in [0.15, 0.2) is 24.8 Å². The topological polar surface area (TPSA) is 119 Å². The van der Waals surface area contributed by atoms with E-state index in [2.05, 4.69) is 6.58 Å². The zero-order valence-electron chi connectivity index (χ0n) is 18.6. The molecule has 1 aliphatic heterocycles. The summed E-state index contributed by atoms with van der Waals surface area (Å²) in [7, 11) is -1.55. The molecule has 1 aromatic carbocycles. The second kappa shape index (κ2) is 11.8. The smallest absolute Gasteiger partial charge is 0.252 e. The normalized spacial score (nSPS) is 18.2. The third-order valence-corrected chi connectivity index (χ3v) is 7.97. The molecule has 1 heterocycles. The van der Waals surface area contributed by atoms with Crippen LogP contribution in [0.25, 0.3) is 0 Å². The van der Waals surface area contributed by atoms with Crippen LogP contribution in [0.4, 0.5) is 0 Å². The maximum atomic E-state index is 12.3. The maximum Gasteiger partial charge on any atom is 0.252 e. The number of nitrogens with zero attached hydrogens (tertiary/aromatic N) is 1. The number of aliphatic hydroxyl groups is 1. The van der Waals surface area contributed by atoms with E-state index >= 15 is 0 Å². The molecule has 32 heavy (non-hydrogen) atoms. The summed E-state index contributed by atoms with van der Waals surface area (Å²) in [6, 6.07) is 3.50. The number of ether oxygens (including phenoxy) is 1. The van der Waals surface area contributed by atoms with Gasteiger partial charge in [-0.3, -0.25) is 9.93 Å². The van der Waals surface area contributed by atoms with Crippen molar-refractivity contribution in [1.82, 2.24) is 4.90 Å². The minimum absolute atomic E-state index is 0.0798. The van der Waals surface area contributed by atoms with Gasteiger partial charge in [0.15, 0.2) is 0 Å². The second-order valence-electron chi connectivity index (χ2n) is 8.69. The molecule has 2 rings (SSSR count). The summed E-state index contributed by atoms with van der Waals surface area (Å²) < 4.78 is 17.5. The van der Waals surface area contributed by atoms with Crippen LogP contribution in [-0.2, 0) is 15.8 Å². The van der Waals surface area contributed by atoms with E-state index < -0.39 is 21.8 Å². The molecule has 0 saturated carbocycles. The molecule has 3 atom stereocenters. The van der Waals surface area contributed by atoms with Crippen molar-refractivity contribution in [2.24, 2.45) is 16.8 Å². The van der Waals surface area contributed by atoms with Crippen LogP contribution >= 0.6 is 23.2 Å². The number of piperidine rings is 1. The molecule has 0 spiro atoms. The number of nitrogens with two attached hydrogens (primary N) is 2. The van der Waals surface area contributed by atoms with Crippen LogP contribution in [0.5, 0.6) is 5.75 Å². The molecular weight excluding hydrogens is 473 g/mol. The van der Waals surface area contributed by atoms with Crippen LogP contribution in [0.3, 0.4) is 0 Å². The molecule has 0 bridgehead atoms. The van der Waals surface area contributed by atoms with E-state index in [4.69, 9.17) is 38.8 Å². The predicted molar refractivity (Wildman–Crippen MR) is 130 cm³/mol. The number of halogens is 2. The number of carbonyl (C=O) groups is 1. The molecule has 1 aromatic rings. The lowest BCUT2D eigenvalue weighted by Gasteiger charge is -2.39. The van der Waals surface area contributed by atoms with Crippen LogP contribution in [-0.4, -0.2) is 57.2 Å². The first kappa shape index (κ1) is 27.1. The first-order chi connectivity index (χ1) is 15.0. The summed E-state index contributed by atoms with van der Waals surface area (Å²) >= 11 is 12.6. The monoisotopic (exact) mass is 505 g/mol. The van der Waals surface area contributed by atoms with Crippen molar-refractivity contribution in [3.8, 4) is 5.75 Å². The second-order valence-corrected chi connectivity index (χ2v) is 11.2. The molecule has 5 N–H and O–H groups in total. The minimum Gasteiger partial charge on any atom is -0.489 e. The van der Waals surface area contributed by atoms with Gasteiger partial charge in [0, 0.05) is 25.7 Å². The zero-order valence-corrected chi connectivity index (χ0v) is 20.9. The van der Waals surface area contributed by atoms with Gasteiger partial charge in [-0.15, -0.1) is 0 Å². The molecule has 2 unspecified atom stereocenters. The highest BCUT2D eigenvalue weighted by Gasteiger charge is 2.37. The summed E-state index contributed by atoms with van der Waals surface area (Å²) in [6.45, 7) is 8.62.